The maximum absolute atomic E-state index is 13.4. The molecule has 88 valence electrons. The summed E-state index contributed by atoms with van der Waals surface area (Å²) in [7, 11) is 1.50. The Morgan fingerprint density at radius 1 is 1.62 bits per heavy atom. The summed E-state index contributed by atoms with van der Waals surface area (Å²) in [4.78, 5) is 11.7. The average molecular weight is 290 g/mol. The Bertz CT molecular complexity index is 384. The molecular formula is C11H13BrFNO2. The van der Waals surface area contributed by atoms with Crippen LogP contribution < -0.4 is 5.73 Å². The minimum absolute atomic E-state index is 0.0646. The normalized spacial score (nSPS) is 12.5. The standard InChI is InChI=1S/C11H13BrFNO2/c1-16-6-8(14)5-11(15)9-3-2-7(12)4-10(9)13/h2-4,8H,5-6,14H2,1H3. The number of ketones is 1. The largest absolute Gasteiger partial charge is 0.383 e. The maximum Gasteiger partial charge on any atom is 0.167 e. The van der Waals surface area contributed by atoms with E-state index in [0.29, 0.717) is 4.47 Å². The van der Waals surface area contributed by atoms with Gasteiger partial charge in [0.25, 0.3) is 0 Å². The zero-order valence-corrected chi connectivity index (χ0v) is 10.5. The second-order valence-corrected chi connectivity index (χ2v) is 4.38. The third-order valence-corrected chi connectivity index (χ3v) is 2.55. The lowest BCUT2D eigenvalue weighted by Crippen LogP contribution is -2.28. The van der Waals surface area contributed by atoms with E-state index in [-0.39, 0.29) is 24.4 Å². The summed E-state index contributed by atoms with van der Waals surface area (Å²) >= 11 is 3.13. The average Bonchev–Trinajstić information content (AvgIpc) is 2.17. The van der Waals surface area contributed by atoms with E-state index in [2.05, 4.69) is 15.9 Å². The lowest BCUT2D eigenvalue weighted by Gasteiger charge is -2.09. The van der Waals surface area contributed by atoms with Crippen LogP contribution in [0.2, 0.25) is 0 Å². The van der Waals surface area contributed by atoms with Crippen molar-refractivity contribution in [2.45, 2.75) is 12.5 Å². The van der Waals surface area contributed by atoms with Crippen LogP contribution in [0.1, 0.15) is 16.8 Å². The van der Waals surface area contributed by atoms with Gasteiger partial charge in [0.15, 0.2) is 5.78 Å². The van der Waals surface area contributed by atoms with E-state index >= 15 is 0 Å². The zero-order chi connectivity index (χ0) is 12.1. The number of benzene rings is 1. The van der Waals surface area contributed by atoms with Crippen molar-refractivity contribution in [3.05, 3.63) is 34.1 Å². The van der Waals surface area contributed by atoms with E-state index in [1.807, 2.05) is 0 Å². The number of hydrogen-bond donors (Lipinski definition) is 1. The number of rotatable bonds is 5. The molecule has 0 bridgehead atoms. The molecule has 0 saturated heterocycles. The van der Waals surface area contributed by atoms with Gasteiger partial charge in [0.05, 0.1) is 12.2 Å². The molecule has 1 aromatic carbocycles. The summed E-state index contributed by atoms with van der Waals surface area (Å²) in [6.45, 7) is 0.282. The highest BCUT2D eigenvalue weighted by molar-refractivity contribution is 9.10. The van der Waals surface area contributed by atoms with Gasteiger partial charge in [0.2, 0.25) is 0 Å². The van der Waals surface area contributed by atoms with Crippen molar-refractivity contribution in [3.8, 4) is 0 Å². The molecule has 1 unspecified atom stereocenters. The number of hydrogen-bond acceptors (Lipinski definition) is 3. The topological polar surface area (TPSA) is 52.3 Å². The molecule has 5 heteroatoms. The van der Waals surface area contributed by atoms with Crippen LogP contribution in [0.5, 0.6) is 0 Å². The van der Waals surface area contributed by atoms with Crippen molar-refractivity contribution in [1.82, 2.24) is 0 Å². The predicted octanol–water partition coefficient (Wildman–Crippen LogP) is 2.13. The molecule has 16 heavy (non-hydrogen) atoms. The minimum atomic E-state index is -0.538. The van der Waals surface area contributed by atoms with E-state index in [1.54, 1.807) is 6.07 Å². The Morgan fingerprint density at radius 3 is 2.88 bits per heavy atom. The van der Waals surface area contributed by atoms with Gasteiger partial charge >= 0.3 is 0 Å². The van der Waals surface area contributed by atoms with Crippen LogP contribution in [0.15, 0.2) is 22.7 Å². The number of ether oxygens (including phenoxy) is 1. The van der Waals surface area contributed by atoms with E-state index < -0.39 is 11.9 Å². The first-order valence-electron chi connectivity index (χ1n) is 4.77. The molecule has 0 aliphatic rings. The molecule has 0 aromatic heterocycles. The van der Waals surface area contributed by atoms with Crippen molar-refractivity contribution in [3.63, 3.8) is 0 Å². The van der Waals surface area contributed by atoms with Crippen molar-refractivity contribution in [1.29, 1.82) is 0 Å². The van der Waals surface area contributed by atoms with Crippen LogP contribution in [0.3, 0.4) is 0 Å². The molecule has 3 nitrogen and oxygen atoms in total. The molecule has 1 atom stereocenters. The van der Waals surface area contributed by atoms with Crippen LogP contribution in [0.25, 0.3) is 0 Å². The lowest BCUT2D eigenvalue weighted by molar-refractivity contribution is 0.0945. The van der Waals surface area contributed by atoms with Gasteiger partial charge in [0.1, 0.15) is 5.82 Å². The molecular weight excluding hydrogens is 277 g/mol. The fourth-order valence-corrected chi connectivity index (χ4v) is 1.67. The Balaban J connectivity index is 2.73. The van der Waals surface area contributed by atoms with Gasteiger partial charge in [-0.3, -0.25) is 4.79 Å². The van der Waals surface area contributed by atoms with E-state index in [9.17, 15) is 9.18 Å². The van der Waals surface area contributed by atoms with Gasteiger partial charge in [0, 0.05) is 24.0 Å². The summed E-state index contributed by atoms with van der Waals surface area (Å²) in [6.07, 6.45) is 0.0758. The maximum atomic E-state index is 13.4. The second kappa shape index (κ2) is 6.08. The highest BCUT2D eigenvalue weighted by Gasteiger charge is 2.15. The zero-order valence-electron chi connectivity index (χ0n) is 8.87. The van der Waals surface area contributed by atoms with Gasteiger partial charge in [-0.15, -0.1) is 0 Å². The fourth-order valence-electron chi connectivity index (χ4n) is 1.34. The summed E-state index contributed by atoms with van der Waals surface area (Å²) < 4.78 is 18.8. The number of halogens is 2. The molecule has 0 radical (unpaired) electrons. The molecule has 0 spiro atoms. The quantitative estimate of drug-likeness (QED) is 0.845. The Morgan fingerprint density at radius 2 is 2.31 bits per heavy atom. The summed E-state index contributed by atoms with van der Waals surface area (Å²) in [5.74, 6) is -0.849. The second-order valence-electron chi connectivity index (χ2n) is 3.47. The smallest absolute Gasteiger partial charge is 0.167 e. The molecule has 0 amide bonds. The number of Topliss-reactive ketones (excluding diaryl/α,β-unsaturated/α-hetero) is 1. The van der Waals surface area contributed by atoms with Gasteiger partial charge in [-0.25, -0.2) is 4.39 Å². The van der Waals surface area contributed by atoms with Crippen molar-refractivity contribution < 1.29 is 13.9 Å². The Kier molecular flexibility index (Phi) is 5.05. The number of carbonyl (C=O) groups excluding carboxylic acids is 1. The van der Waals surface area contributed by atoms with Crippen molar-refractivity contribution >= 4 is 21.7 Å². The number of carbonyl (C=O) groups is 1. The van der Waals surface area contributed by atoms with E-state index in [4.69, 9.17) is 10.5 Å². The predicted molar refractivity (Wildman–Crippen MR) is 62.9 cm³/mol. The van der Waals surface area contributed by atoms with E-state index in [0.717, 1.165) is 0 Å². The Labute approximate surface area is 102 Å². The highest BCUT2D eigenvalue weighted by Crippen LogP contribution is 2.16. The first kappa shape index (κ1) is 13.3. The third-order valence-electron chi connectivity index (χ3n) is 2.06. The monoisotopic (exact) mass is 289 g/mol. The summed E-state index contributed by atoms with van der Waals surface area (Å²) in [5.41, 5.74) is 5.69. The molecule has 0 fully saturated rings. The van der Waals surface area contributed by atoms with E-state index in [1.165, 1.54) is 19.2 Å². The van der Waals surface area contributed by atoms with Gasteiger partial charge < -0.3 is 10.5 Å². The van der Waals surface area contributed by atoms with Crippen LogP contribution in [0, 0.1) is 5.82 Å². The highest BCUT2D eigenvalue weighted by atomic mass is 79.9. The fraction of sp³-hybridized carbons (Fsp3) is 0.364. The molecule has 1 rings (SSSR count). The van der Waals surface area contributed by atoms with Crippen LogP contribution in [-0.4, -0.2) is 25.5 Å². The van der Waals surface area contributed by atoms with Crippen LogP contribution >= 0.6 is 15.9 Å². The third kappa shape index (κ3) is 3.66. The number of methoxy groups -OCH3 is 1. The Hall–Kier alpha value is -0.780. The minimum Gasteiger partial charge on any atom is -0.383 e. The molecule has 0 saturated carbocycles. The van der Waals surface area contributed by atoms with Gasteiger partial charge in [-0.2, -0.15) is 0 Å². The first-order chi connectivity index (χ1) is 7.54. The summed E-state index contributed by atoms with van der Waals surface area (Å²) in [6, 6.07) is 3.93. The molecule has 0 aliphatic carbocycles. The molecule has 0 aliphatic heterocycles. The molecule has 2 N–H and O–H groups in total. The SMILES string of the molecule is COCC(N)CC(=O)c1ccc(Br)cc1F. The van der Waals surface area contributed by atoms with Crippen molar-refractivity contribution in [2.75, 3.05) is 13.7 Å². The summed E-state index contributed by atoms with van der Waals surface area (Å²) in [5, 5.41) is 0. The molecule has 0 heterocycles. The number of nitrogens with two attached hydrogens (primary N) is 1. The first-order valence-corrected chi connectivity index (χ1v) is 5.56. The molecule has 1 aromatic rings. The van der Waals surface area contributed by atoms with Crippen molar-refractivity contribution in [2.24, 2.45) is 5.73 Å². The lowest BCUT2D eigenvalue weighted by atomic mass is 10.0. The van der Waals surface area contributed by atoms with Gasteiger partial charge in [-0.05, 0) is 18.2 Å². The van der Waals surface area contributed by atoms with Crippen LogP contribution in [0.4, 0.5) is 4.39 Å². The van der Waals surface area contributed by atoms with Gasteiger partial charge in [-0.1, -0.05) is 15.9 Å². The van der Waals surface area contributed by atoms with Crippen LogP contribution in [-0.2, 0) is 4.74 Å².